The predicted molar refractivity (Wildman–Crippen MR) is 44.6 cm³/mol. The van der Waals surface area contributed by atoms with E-state index in [2.05, 4.69) is 30.4 Å². The van der Waals surface area contributed by atoms with Crippen LogP contribution in [0.1, 0.15) is 25.7 Å². The Morgan fingerprint density at radius 2 is 1.90 bits per heavy atom. The average Bonchev–Trinajstić information content (AvgIpc) is 2.01. The van der Waals surface area contributed by atoms with Crippen molar-refractivity contribution in [2.45, 2.75) is 25.7 Å². The monoisotopic (exact) mass is 133 g/mol. The zero-order valence-corrected chi connectivity index (χ0v) is 6.22. The van der Waals surface area contributed by atoms with E-state index in [1.807, 2.05) is 6.08 Å². The van der Waals surface area contributed by atoms with Crippen LogP contribution in [0.4, 0.5) is 0 Å². The second kappa shape index (κ2) is 5.04. The van der Waals surface area contributed by atoms with Gasteiger partial charge in [0.25, 0.3) is 0 Å². The lowest BCUT2D eigenvalue weighted by atomic mass is 10.2. The normalized spacial score (nSPS) is 28.8. The van der Waals surface area contributed by atoms with Crippen LogP contribution in [0.25, 0.3) is 0 Å². The van der Waals surface area contributed by atoms with Gasteiger partial charge >= 0.3 is 0 Å². The molecule has 1 aliphatic carbocycles. The van der Waals surface area contributed by atoms with Crippen molar-refractivity contribution >= 4 is 0 Å². The Bertz CT molecular complexity index is 149. The largest absolute Gasteiger partial charge is 0.0882 e. The van der Waals surface area contributed by atoms with E-state index in [1.54, 1.807) is 0 Å². The van der Waals surface area contributed by atoms with Crippen molar-refractivity contribution in [3.63, 3.8) is 0 Å². The second-order valence-electron chi connectivity index (χ2n) is 2.41. The molecule has 0 fully saturated rings. The Labute approximate surface area is 62.9 Å². The van der Waals surface area contributed by atoms with Crippen molar-refractivity contribution in [3.05, 3.63) is 36.5 Å². The molecule has 0 aliphatic heterocycles. The van der Waals surface area contributed by atoms with Gasteiger partial charge in [0, 0.05) is 0 Å². The first-order valence-corrected chi connectivity index (χ1v) is 3.88. The van der Waals surface area contributed by atoms with Gasteiger partial charge in [0.1, 0.15) is 0 Å². The molecular weight excluding hydrogens is 120 g/mol. The van der Waals surface area contributed by atoms with Crippen molar-refractivity contribution in [3.8, 4) is 0 Å². The molecule has 1 rings (SSSR count). The minimum atomic E-state index is 1.03. The van der Waals surface area contributed by atoms with Crippen LogP contribution in [0.3, 0.4) is 0 Å². The number of hydrogen-bond acceptors (Lipinski definition) is 0. The van der Waals surface area contributed by atoms with E-state index in [4.69, 9.17) is 0 Å². The van der Waals surface area contributed by atoms with Crippen LogP contribution in [0, 0.1) is 6.08 Å². The Morgan fingerprint density at radius 1 is 1.00 bits per heavy atom. The highest BCUT2D eigenvalue weighted by Gasteiger charge is 1.81. The Hall–Kier alpha value is -0.780. The summed E-state index contributed by atoms with van der Waals surface area (Å²) in [6.45, 7) is 0. The molecule has 0 saturated carbocycles. The van der Waals surface area contributed by atoms with Gasteiger partial charge in [-0.2, -0.15) is 0 Å². The molecule has 10 heavy (non-hydrogen) atoms. The molecule has 0 spiro atoms. The van der Waals surface area contributed by atoms with Crippen molar-refractivity contribution in [1.82, 2.24) is 0 Å². The molecular formula is C10H13. The highest BCUT2D eigenvalue weighted by molar-refractivity contribution is 5.00. The van der Waals surface area contributed by atoms with E-state index >= 15 is 0 Å². The van der Waals surface area contributed by atoms with E-state index in [1.165, 1.54) is 19.3 Å². The van der Waals surface area contributed by atoms with E-state index in [0.717, 1.165) is 6.42 Å². The standard InChI is InChI=1S/C10H13/c1-2-4-6-8-10-9-7-5-3-1/h1-2,5,9-10H,3-4,6,8H2/b2-1+,7-5?,10-9+. The van der Waals surface area contributed by atoms with Gasteiger partial charge in [-0.05, 0) is 31.8 Å². The average molecular weight is 133 g/mol. The molecule has 0 heterocycles. The predicted octanol–water partition coefficient (Wildman–Crippen LogP) is 3.03. The van der Waals surface area contributed by atoms with Crippen molar-refractivity contribution in [2.24, 2.45) is 0 Å². The second-order valence-corrected chi connectivity index (χ2v) is 2.41. The molecule has 1 aliphatic rings. The van der Waals surface area contributed by atoms with Gasteiger partial charge in [0.2, 0.25) is 0 Å². The molecule has 0 heteroatoms. The van der Waals surface area contributed by atoms with Crippen LogP contribution >= 0.6 is 0 Å². The molecule has 0 unspecified atom stereocenters. The molecule has 0 N–H and O–H groups in total. The van der Waals surface area contributed by atoms with Crippen LogP contribution < -0.4 is 0 Å². The summed E-state index contributed by atoms with van der Waals surface area (Å²) in [5.41, 5.74) is 0. The van der Waals surface area contributed by atoms with Crippen molar-refractivity contribution < 1.29 is 0 Å². The smallest absolute Gasteiger partial charge is 0.0160 e. The van der Waals surface area contributed by atoms with Gasteiger partial charge in [0.05, 0.1) is 0 Å². The first-order chi connectivity index (χ1) is 5.00. The first kappa shape index (κ1) is 7.33. The maximum atomic E-state index is 3.10. The lowest BCUT2D eigenvalue weighted by Gasteiger charge is -1.90. The highest BCUT2D eigenvalue weighted by Crippen LogP contribution is 2.00. The van der Waals surface area contributed by atoms with Crippen LogP contribution in [0.15, 0.2) is 30.4 Å². The van der Waals surface area contributed by atoms with Crippen LogP contribution in [-0.2, 0) is 0 Å². The molecule has 0 bridgehead atoms. The lowest BCUT2D eigenvalue weighted by molar-refractivity contribution is 0.864. The number of hydrogen-bond donors (Lipinski definition) is 0. The molecule has 0 amide bonds. The molecule has 0 aromatic heterocycles. The fourth-order valence-corrected chi connectivity index (χ4v) is 0.923. The Kier molecular flexibility index (Phi) is 3.69. The van der Waals surface area contributed by atoms with Gasteiger partial charge in [0.15, 0.2) is 0 Å². The topological polar surface area (TPSA) is 0 Å². The molecule has 1 radical (unpaired) electrons. The maximum absolute atomic E-state index is 3.10. The molecule has 0 aromatic rings. The van der Waals surface area contributed by atoms with E-state index < -0.39 is 0 Å². The first-order valence-electron chi connectivity index (χ1n) is 3.88. The molecule has 0 nitrogen and oxygen atoms in total. The lowest BCUT2D eigenvalue weighted by Crippen LogP contribution is -1.71. The third-order valence-electron chi connectivity index (χ3n) is 1.49. The molecule has 0 saturated heterocycles. The summed E-state index contributed by atoms with van der Waals surface area (Å²) >= 11 is 0. The maximum Gasteiger partial charge on any atom is -0.0160 e. The van der Waals surface area contributed by atoms with E-state index in [-0.39, 0.29) is 0 Å². The molecule has 0 atom stereocenters. The number of allylic oxidation sites excluding steroid dienone is 6. The van der Waals surface area contributed by atoms with Gasteiger partial charge in [-0.15, -0.1) is 0 Å². The van der Waals surface area contributed by atoms with E-state index in [9.17, 15) is 0 Å². The summed E-state index contributed by atoms with van der Waals surface area (Å²) in [5.74, 6) is 0. The van der Waals surface area contributed by atoms with Gasteiger partial charge in [-0.3, -0.25) is 0 Å². The minimum absolute atomic E-state index is 1.03. The quantitative estimate of drug-likeness (QED) is 0.445. The SMILES string of the molecule is [C]1=C\C/C=C/CCC/C=C/1. The zero-order chi connectivity index (χ0) is 7.07. The highest BCUT2D eigenvalue weighted by atomic mass is 13.9. The molecule has 0 aromatic carbocycles. The summed E-state index contributed by atoms with van der Waals surface area (Å²) in [5, 5.41) is 0. The summed E-state index contributed by atoms with van der Waals surface area (Å²) < 4.78 is 0. The summed E-state index contributed by atoms with van der Waals surface area (Å²) in [6.07, 6.45) is 18.5. The minimum Gasteiger partial charge on any atom is -0.0882 e. The van der Waals surface area contributed by atoms with Crippen LogP contribution in [-0.4, -0.2) is 0 Å². The fourth-order valence-electron chi connectivity index (χ4n) is 0.923. The van der Waals surface area contributed by atoms with Crippen molar-refractivity contribution in [2.75, 3.05) is 0 Å². The third kappa shape index (κ3) is 3.29. The summed E-state index contributed by atoms with van der Waals surface area (Å²) in [7, 11) is 0. The van der Waals surface area contributed by atoms with Crippen LogP contribution in [0.2, 0.25) is 0 Å². The zero-order valence-electron chi connectivity index (χ0n) is 6.22. The Balaban J connectivity index is 2.38. The summed E-state index contributed by atoms with van der Waals surface area (Å²) in [4.78, 5) is 0. The Morgan fingerprint density at radius 3 is 2.90 bits per heavy atom. The number of rotatable bonds is 0. The van der Waals surface area contributed by atoms with Crippen molar-refractivity contribution in [1.29, 1.82) is 0 Å². The van der Waals surface area contributed by atoms with Crippen LogP contribution in [0.5, 0.6) is 0 Å². The fraction of sp³-hybridized carbons (Fsp3) is 0.400. The third-order valence-corrected chi connectivity index (χ3v) is 1.49. The van der Waals surface area contributed by atoms with E-state index in [0.29, 0.717) is 0 Å². The summed E-state index contributed by atoms with van der Waals surface area (Å²) in [6, 6.07) is 0. The van der Waals surface area contributed by atoms with Gasteiger partial charge in [-0.1, -0.05) is 30.4 Å². The molecule has 53 valence electrons. The van der Waals surface area contributed by atoms with Gasteiger partial charge in [-0.25, -0.2) is 0 Å². The van der Waals surface area contributed by atoms with Gasteiger partial charge < -0.3 is 0 Å².